The quantitative estimate of drug-likeness (QED) is 0.275. The van der Waals surface area contributed by atoms with Crippen LogP contribution in [0.5, 0.6) is 0 Å². The maximum atomic E-state index is 6.67. The van der Waals surface area contributed by atoms with E-state index in [9.17, 15) is 0 Å². The summed E-state index contributed by atoms with van der Waals surface area (Å²) in [5.41, 5.74) is 9.80. The molecule has 0 fully saturated rings. The molecular weight excluding hydrogens is 392 g/mol. The third kappa shape index (κ3) is 3.66. The molecule has 0 amide bonds. The van der Waals surface area contributed by atoms with Gasteiger partial charge in [-0.1, -0.05) is 84.9 Å². The van der Waals surface area contributed by atoms with E-state index in [4.69, 9.17) is 11.7 Å². The molecule has 0 spiro atoms. The van der Waals surface area contributed by atoms with E-state index in [1.54, 1.807) is 0 Å². The van der Waals surface area contributed by atoms with Crippen molar-refractivity contribution in [3.63, 3.8) is 0 Å². The average Bonchev–Trinajstić information content (AvgIpc) is 2.99. The highest BCUT2D eigenvalue weighted by Crippen LogP contribution is 2.37. The zero-order valence-electron chi connectivity index (χ0n) is 17.9. The minimum absolute atomic E-state index is 0.798. The molecule has 4 nitrogen and oxygen atoms in total. The zero-order chi connectivity index (χ0) is 21.9. The fraction of sp³-hybridized carbons (Fsp3) is 0.107. The van der Waals surface area contributed by atoms with Crippen molar-refractivity contribution in [1.29, 1.82) is 0 Å². The van der Waals surface area contributed by atoms with Crippen molar-refractivity contribution < 1.29 is 0 Å². The first kappa shape index (κ1) is 20.0. The third-order valence-corrected chi connectivity index (χ3v) is 6.18. The molecule has 0 atom stereocenters. The Morgan fingerprint density at radius 1 is 0.750 bits per heavy atom. The number of hydrazone groups is 1. The van der Waals surface area contributed by atoms with E-state index < -0.39 is 0 Å². The highest BCUT2D eigenvalue weighted by Gasteiger charge is 2.25. The maximum absolute atomic E-state index is 6.67. The number of hydrogen-bond donors (Lipinski definition) is 2. The topological polar surface area (TPSA) is 67.6 Å². The Bertz CT molecular complexity index is 1260. The summed E-state index contributed by atoms with van der Waals surface area (Å²) in [6.07, 6.45) is 2.57. The largest absolute Gasteiger partial charge is 0.323 e. The first-order chi connectivity index (χ1) is 15.8. The van der Waals surface area contributed by atoms with E-state index in [0.717, 1.165) is 47.5 Å². The molecule has 4 aromatic rings. The van der Waals surface area contributed by atoms with Gasteiger partial charge in [-0.25, -0.2) is 5.84 Å². The van der Waals surface area contributed by atoms with Crippen LogP contribution in [0.15, 0.2) is 102 Å². The second kappa shape index (κ2) is 8.69. The highest BCUT2D eigenvalue weighted by atomic mass is 15.4. The molecule has 1 heterocycles. The summed E-state index contributed by atoms with van der Waals surface area (Å²) >= 11 is 0. The van der Waals surface area contributed by atoms with Gasteiger partial charge in [0.2, 0.25) is 0 Å². The number of anilines is 2. The van der Waals surface area contributed by atoms with Crippen LogP contribution < -0.4 is 16.7 Å². The SMILES string of the molecule is NN=C(c1ccccc1)c1c(Cc2ccccc2)ccc2c1CCc1ccccc1N2N. The molecule has 1 aliphatic rings. The summed E-state index contributed by atoms with van der Waals surface area (Å²) < 4.78 is 0. The first-order valence-corrected chi connectivity index (χ1v) is 10.9. The number of para-hydroxylation sites is 1. The van der Waals surface area contributed by atoms with Crippen LogP contribution >= 0.6 is 0 Å². The van der Waals surface area contributed by atoms with Crippen molar-refractivity contribution in [2.24, 2.45) is 16.8 Å². The van der Waals surface area contributed by atoms with E-state index in [2.05, 4.69) is 71.8 Å². The normalized spacial score (nSPS) is 13.3. The Labute approximate surface area is 188 Å². The van der Waals surface area contributed by atoms with Gasteiger partial charge in [0, 0.05) is 11.1 Å². The summed E-state index contributed by atoms with van der Waals surface area (Å²) in [4.78, 5) is 0. The van der Waals surface area contributed by atoms with Crippen LogP contribution in [0.1, 0.15) is 33.4 Å². The third-order valence-electron chi connectivity index (χ3n) is 6.18. The Kier molecular flexibility index (Phi) is 5.44. The van der Waals surface area contributed by atoms with Crippen LogP contribution in [0.25, 0.3) is 0 Å². The summed E-state index contributed by atoms with van der Waals surface area (Å²) in [7, 11) is 0. The number of fused-ring (bicyclic) bond motifs is 2. The zero-order valence-corrected chi connectivity index (χ0v) is 17.9. The van der Waals surface area contributed by atoms with Gasteiger partial charge in [0.25, 0.3) is 0 Å². The Balaban J connectivity index is 1.71. The number of hydrazine groups is 1. The number of aryl methyl sites for hydroxylation is 1. The monoisotopic (exact) mass is 418 g/mol. The van der Waals surface area contributed by atoms with E-state index >= 15 is 0 Å². The van der Waals surface area contributed by atoms with Gasteiger partial charge in [-0.15, -0.1) is 0 Å². The molecule has 1 aliphatic heterocycles. The fourth-order valence-electron chi connectivity index (χ4n) is 4.65. The van der Waals surface area contributed by atoms with Crippen molar-refractivity contribution in [3.05, 3.63) is 130 Å². The molecule has 4 N–H and O–H groups in total. The van der Waals surface area contributed by atoms with E-state index in [1.807, 2.05) is 35.3 Å². The van der Waals surface area contributed by atoms with Crippen LogP contribution in [0.2, 0.25) is 0 Å². The molecular formula is C28H26N4. The molecule has 158 valence electrons. The van der Waals surface area contributed by atoms with Crippen molar-refractivity contribution in [2.45, 2.75) is 19.3 Å². The molecule has 5 rings (SSSR count). The molecule has 0 aromatic heterocycles. The van der Waals surface area contributed by atoms with Crippen LogP contribution in [0.3, 0.4) is 0 Å². The van der Waals surface area contributed by atoms with Gasteiger partial charge in [0.1, 0.15) is 0 Å². The molecule has 4 aromatic carbocycles. The number of benzene rings is 4. The summed E-state index contributed by atoms with van der Waals surface area (Å²) in [5.74, 6) is 12.7. The molecule has 0 unspecified atom stereocenters. The number of rotatable bonds is 4. The van der Waals surface area contributed by atoms with Crippen molar-refractivity contribution in [1.82, 2.24) is 0 Å². The first-order valence-electron chi connectivity index (χ1n) is 10.9. The smallest absolute Gasteiger partial charge is 0.0977 e. The van der Waals surface area contributed by atoms with Crippen LogP contribution in [-0.4, -0.2) is 5.71 Å². The standard InChI is InChI=1S/C28H26N4/c29-31-28(22-12-5-2-6-13-22)27-23(19-20-9-3-1-4-10-20)16-18-26-24(27)17-15-21-11-7-8-14-25(21)32(26)30/h1-14,16,18H,15,17,19,29-30H2. The van der Waals surface area contributed by atoms with Gasteiger partial charge < -0.3 is 5.84 Å². The second-order valence-electron chi connectivity index (χ2n) is 8.10. The Morgan fingerprint density at radius 2 is 1.44 bits per heavy atom. The number of nitrogens with zero attached hydrogens (tertiary/aromatic N) is 2. The summed E-state index contributed by atoms with van der Waals surface area (Å²) in [6.45, 7) is 0. The fourth-order valence-corrected chi connectivity index (χ4v) is 4.65. The minimum atomic E-state index is 0.798. The van der Waals surface area contributed by atoms with Crippen molar-refractivity contribution in [2.75, 3.05) is 5.01 Å². The lowest BCUT2D eigenvalue weighted by Gasteiger charge is -2.24. The molecule has 4 heteroatoms. The predicted octanol–water partition coefficient (Wildman–Crippen LogP) is 5.10. The van der Waals surface area contributed by atoms with E-state index in [1.165, 1.54) is 22.3 Å². The predicted molar refractivity (Wildman–Crippen MR) is 132 cm³/mol. The van der Waals surface area contributed by atoms with Gasteiger partial charge in [-0.3, -0.25) is 5.01 Å². The number of hydrogen-bond acceptors (Lipinski definition) is 4. The molecule has 32 heavy (non-hydrogen) atoms. The minimum Gasteiger partial charge on any atom is -0.323 e. The summed E-state index contributed by atoms with van der Waals surface area (Å²) in [5, 5.41) is 6.11. The van der Waals surface area contributed by atoms with Gasteiger partial charge in [0.15, 0.2) is 0 Å². The molecule has 0 aliphatic carbocycles. The lowest BCUT2D eigenvalue weighted by Crippen LogP contribution is -2.27. The molecule has 0 bridgehead atoms. The van der Waals surface area contributed by atoms with E-state index in [-0.39, 0.29) is 0 Å². The highest BCUT2D eigenvalue weighted by molar-refractivity contribution is 6.15. The van der Waals surface area contributed by atoms with Crippen LogP contribution in [0, 0.1) is 0 Å². The maximum Gasteiger partial charge on any atom is 0.0977 e. The molecule has 0 radical (unpaired) electrons. The Morgan fingerprint density at radius 3 is 2.19 bits per heavy atom. The number of nitrogens with two attached hydrogens (primary N) is 2. The molecule has 0 saturated carbocycles. The van der Waals surface area contributed by atoms with Crippen LogP contribution in [-0.2, 0) is 19.3 Å². The van der Waals surface area contributed by atoms with Gasteiger partial charge in [0.05, 0.1) is 17.1 Å². The van der Waals surface area contributed by atoms with Gasteiger partial charge >= 0.3 is 0 Å². The van der Waals surface area contributed by atoms with Crippen molar-refractivity contribution >= 4 is 17.1 Å². The second-order valence-corrected chi connectivity index (χ2v) is 8.10. The van der Waals surface area contributed by atoms with E-state index in [0.29, 0.717) is 0 Å². The average molecular weight is 419 g/mol. The lowest BCUT2D eigenvalue weighted by molar-refractivity contribution is 0.967. The Hall–Kier alpha value is -3.89. The summed E-state index contributed by atoms with van der Waals surface area (Å²) in [6, 6.07) is 33.3. The lowest BCUT2D eigenvalue weighted by atomic mass is 9.87. The van der Waals surface area contributed by atoms with Crippen molar-refractivity contribution in [3.8, 4) is 0 Å². The van der Waals surface area contributed by atoms with Gasteiger partial charge in [-0.05, 0) is 53.6 Å². The van der Waals surface area contributed by atoms with Crippen LogP contribution in [0.4, 0.5) is 11.4 Å². The molecule has 0 saturated heterocycles. The van der Waals surface area contributed by atoms with Gasteiger partial charge in [-0.2, -0.15) is 5.10 Å².